The zero-order valence-corrected chi connectivity index (χ0v) is 19.5. The molecule has 37 heavy (non-hydrogen) atoms. The maximum Gasteiger partial charge on any atom is 0.335 e. The van der Waals surface area contributed by atoms with E-state index in [2.05, 4.69) is 5.32 Å². The molecular weight excluding hydrogens is 506 g/mol. The highest BCUT2D eigenvalue weighted by molar-refractivity contribution is 6.39. The number of ether oxygens (including phenoxy) is 1. The van der Waals surface area contributed by atoms with E-state index in [9.17, 15) is 29.3 Å². The zero-order valence-electron chi connectivity index (χ0n) is 18.7. The molecule has 1 saturated heterocycles. The molecule has 0 aromatic heterocycles. The van der Waals surface area contributed by atoms with E-state index in [0.717, 1.165) is 12.1 Å². The summed E-state index contributed by atoms with van der Waals surface area (Å²) < 4.78 is 5.68. The Morgan fingerprint density at radius 1 is 1.05 bits per heavy atom. The van der Waals surface area contributed by atoms with Crippen molar-refractivity contribution in [2.45, 2.75) is 6.61 Å². The van der Waals surface area contributed by atoms with Crippen molar-refractivity contribution in [3.8, 4) is 5.75 Å². The van der Waals surface area contributed by atoms with Gasteiger partial charge in [0.25, 0.3) is 17.5 Å². The number of amides is 4. The first kappa shape index (κ1) is 25.1. The van der Waals surface area contributed by atoms with Gasteiger partial charge >= 0.3 is 12.0 Å². The third-order valence-electron chi connectivity index (χ3n) is 5.28. The quantitative estimate of drug-likeness (QED) is 0.203. The second-order valence-corrected chi connectivity index (χ2v) is 8.12. The standard InChI is InChI=1S/C25H16ClN3O8/c26-20-12-15(3-10-21(20)37-13-14-1-4-16(5-2-14)24(32)33)11-19-22(30)27-25(34)28(23(19)31)17-6-8-18(9-7-17)29(35)36/h1-12H,13H2,(H,32,33)(H,27,30,34)/b19-11+. The van der Waals surface area contributed by atoms with Crippen molar-refractivity contribution >= 4 is 52.9 Å². The monoisotopic (exact) mass is 521 g/mol. The number of hydrogen-bond donors (Lipinski definition) is 2. The van der Waals surface area contributed by atoms with Crippen LogP contribution >= 0.6 is 11.6 Å². The van der Waals surface area contributed by atoms with Crippen molar-refractivity contribution < 1.29 is 33.9 Å². The lowest BCUT2D eigenvalue weighted by Gasteiger charge is -2.26. The number of carboxylic acid groups (broad SMARTS) is 1. The molecule has 0 atom stereocenters. The number of carbonyl (C=O) groups excluding carboxylic acids is 3. The average molecular weight is 522 g/mol. The summed E-state index contributed by atoms with van der Waals surface area (Å²) in [5.41, 5.74) is 0.710. The van der Waals surface area contributed by atoms with Crippen LogP contribution in [-0.2, 0) is 16.2 Å². The number of hydrogen-bond acceptors (Lipinski definition) is 7. The lowest BCUT2D eigenvalue weighted by atomic mass is 10.1. The molecule has 0 bridgehead atoms. The molecule has 12 heteroatoms. The summed E-state index contributed by atoms with van der Waals surface area (Å²) in [6, 6.07) is 14.4. The van der Waals surface area contributed by atoms with Crippen LogP contribution in [0.25, 0.3) is 6.08 Å². The summed E-state index contributed by atoms with van der Waals surface area (Å²) in [5.74, 6) is -2.54. The average Bonchev–Trinajstić information content (AvgIpc) is 2.86. The van der Waals surface area contributed by atoms with Crippen LogP contribution in [0.3, 0.4) is 0 Å². The summed E-state index contributed by atoms with van der Waals surface area (Å²) in [6.45, 7) is 0.118. The van der Waals surface area contributed by atoms with Gasteiger partial charge in [-0.2, -0.15) is 0 Å². The predicted octanol–water partition coefficient (Wildman–Crippen LogP) is 4.19. The number of halogens is 1. The summed E-state index contributed by atoms with van der Waals surface area (Å²) in [6.07, 6.45) is 1.25. The summed E-state index contributed by atoms with van der Waals surface area (Å²) in [5, 5.41) is 22.1. The topological polar surface area (TPSA) is 156 Å². The number of barbiturate groups is 1. The van der Waals surface area contributed by atoms with Crippen LogP contribution in [0.2, 0.25) is 5.02 Å². The normalized spacial score (nSPS) is 14.5. The first-order chi connectivity index (χ1) is 17.6. The summed E-state index contributed by atoms with van der Waals surface area (Å²) >= 11 is 6.30. The Kier molecular flexibility index (Phi) is 6.98. The number of urea groups is 1. The third-order valence-corrected chi connectivity index (χ3v) is 5.58. The van der Waals surface area contributed by atoms with E-state index in [0.29, 0.717) is 21.8 Å². The molecule has 1 heterocycles. The first-order valence-electron chi connectivity index (χ1n) is 10.5. The van der Waals surface area contributed by atoms with Crippen molar-refractivity contribution in [2.75, 3.05) is 4.90 Å². The van der Waals surface area contributed by atoms with Crippen LogP contribution in [-0.4, -0.2) is 33.8 Å². The van der Waals surface area contributed by atoms with Gasteiger partial charge in [-0.25, -0.2) is 14.5 Å². The van der Waals surface area contributed by atoms with Gasteiger partial charge in [-0.05, 0) is 53.6 Å². The fourth-order valence-electron chi connectivity index (χ4n) is 3.41. The van der Waals surface area contributed by atoms with E-state index < -0.39 is 28.7 Å². The van der Waals surface area contributed by atoms with Crippen LogP contribution in [0.4, 0.5) is 16.2 Å². The molecule has 1 fully saturated rings. The van der Waals surface area contributed by atoms with E-state index in [1.54, 1.807) is 18.2 Å². The molecule has 0 unspecified atom stereocenters. The minimum Gasteiger partial charge on any atom is -0.487 e. The molecule has 0 radical (unpaired) electrons. The number of carbonyl (C=O) groups is 4. The van der Waals surface area contributed by atoms with Gasteiger partial charge in [-0.3, -0.25) is 25.0 Å². The van der Waals surface area contributed by atoms with Crippen LogP contribution in [0.1, 0.15) is 21.5 Å². The van der Waals surface area contributed by atoms with Crippen molar-refractivity contribution in [1.29, 1.82) is 0 Å². The van der Waals surface area contributed by atoms with Crippen LogP contribution < -0.4 is 15.0 Å². The number of nitro groups is 1. The Hall–Kier alpha value is -5.03. The Morgan fingerprint density at radius 3 is 2.32 bits per heavy atom. The fourth-order valence-corrected chi connectivity index (χ4v) is 3.65. The van der Waals surface area contributed by atoms with Gasteiger partial charge in [0.2, 0.25) is 0 Å². The van der Waals surface area contributed by atoms with Crippen LogP contribution in [0, 0.1) is 10.1 Å². The highest BCUT2D eigenvalue weighted by Crippen LogP contribution is 2.29. The molecule has 0 saturated carbocycles. The van der Waals surface area contributed by atoms with Crippen molar-refractivity contribution in [1.82, 2.24) is 5.32 Å². The molecule has 1 aliphatic heterocycles. The first-order valence-corrected chi connectivity index (χ1v) is 10.9. The smallest absolute Gasteiger partial charge is 0.335 e. The number of non-ortho nitro benzene ring substituents is 1. The van der Waals surface area contributed by atoms with Gasteiger partial charge in [-0.1, -0.05) is 29.8 Å². The summed E-state index contributed by atoms with van der Waals surface area (Å²) in [7, 11) is 0. The van der Waals surface area contributed by atoms with Crippen LogP contribution in [0.5, 0.6) is 5.75 Å². The molecule has 4 rings (SSSR count). The van der Waals surface area contributed by atoms with Gasteiger partial charge in [0.1, 0.15) is 17.9 Å². The number of rotatable bonds is 7. The number of nitrogens with one attached hydrogen (secondary N) is 1. The van der Waals surface area contributed by atoms with Gasteiger partial charge in [0.05, 0.1) is 21.2 Å². The van der Waals surface area contributed by atoms with E-state index in [1.807, 2.05) is 0 Å². The molecule has 2 N–H and O–H groups in total. The third kappa shape index (κ3) is 5.46. The number of nitrogens with zero attached hydrogens (tertiary/aromatic N) is 2. The molecular formula is C25H16ClN3O8. The lowest BCUT2D eigenvalue weighted by Crippen LogP contribution is -2.54. The van der Waals surface area contributed by atoms with Crippen LogP contribution in [0.15, 0.2) is 72.3 Å². The molecule has 3 aromatic rings. The van der Waals surface area contributed by atoms with E-state index in [-0.39, 0.29) is 34.1 Å². The number of benzene rings is 3. The minimum atomic E-state index is -1.04. The molecule has 11 nitrogen and oxygen atoms in total. The maximum absolute atomic E-state index is 13.0. The van der Waals surface area contributed by atoms with Gasteiger partial charge in [0, 0.05) is 12.1 Å². The Morgan fingerprint density at radius 2 is 1.73 bits per heavy atom. The largest absolute Gasteiger partial charge is 0.487 e. The molecule has 0 aliphatic carbocycles. The highest BCUT2D eigenvalue weighted by Gasteiger charge is 2.37. The Labute approximate surface area is 213 Å². The van der Waals surface area contributed by atoms with E-state index in [1.165, 1.54) is 42.5 Å². The number of imide groups is 2. The molecule has 1 aliphatic rings. The van der Waals surface area contributed by atoms with Crippen molar-refractivity contribution in [2.24, 2.45) is 0 Å². The van der Waals surface area contributed by atoms with Crippen molar-refractivity contribution in [3.63, 3.8) is 0 Å². The highest BCUT2D eigenvalue weighted by atomic mass is 35.5. The minimum absolute atomic E-state index is 0.0460. The second kappa shape index (κ2) is 10.3. The van der Waals surface area contributed by atoms with E-state index in [4.69, 9.17) is 21.4 Å². The zero-order chi connectivity index (χ0) is 26.7. The molecule has 4 amide bonds. The van der Waals surface area contributed by atoms with Crippen molar-refractivity contribution in [3.05, 3.63) is 104 Å². The molecule has 186 valence electrons. The van der Waals surface area contributed by atoms with Gasteiger partial charge < -0.3 is 9.84 Å². The van der Waals surface area contributed by atoms with Gasteiger partial charge in [0.15, 0.2) is 0 Å². The Bertz CT molecular complexity index is 1470. The number of anilines is 1. The predicted molar refractivity (Wildman–Crippen MR) is 131 cm³/mol. The maximum atomic E-state index is 13.0. The molecule has 3 aromatic carbocycles. The number of carboxylic acids is 1. The second-order valence-electron chi connectivity index (χ2n) is 7.71. The van der Waals surface area contributed by atoms with E-state index >= 15 is 0 Å². The molecule has 0 spiro atoms. The summed E-state index contributed by atoms with van der Waals surface area (Å²) in [4.78, 5) is 59.6. The Balaban J connectivity index is 1.52. The van der Waals surface area contributed by atoms with Gasteiger partial charge in [-0.15, -0.1) is 0 Å². The number of nitro benzene ring substituents is 1. The fraction of sp³-hybridized carbons (Fsp3) is 0.0400. The SMILES string of the molecule is O=C1NC(=O)N(c2ccc([N+](=O)[O-])cc2)C(=O)/C1=C/c1ccc(OCc2ccc(C(=O)O)cc2)c(Cl)c1. The lowest BCUT2D eigenvalue weighted by molar-refractivity contribution is -0.384. The number of aromatic carboxylic acids is 1.